The largest absolute Gasteiger partial charge is 0.374 e. The van der Waals surface area contributed by atoms with Crippen LogP contribution in [0.15, 0.2) is 0 Å². The van der Waals surface area contributed by atoms with Crippen molar-refractivity contribution in [3.63, 3.8) is 0 Å². The van der Waals surface area contributed by atoms with Gasteiger partial charge in [-0.15, -0.1) is 0 Å². The molecule has 2 rings (SSSR count). The van der Waals surface area contributed by atoms with Crippen LogP contribution in [-0.4, -0.2) is 42.5 Å². The Kier molecular flexibility index (Phi) is 2.88. The third-order valence-electron chi connectivity index (χ3n) is 3.27. The number of carbonyl (C=O) groups is 1. The van der Waals surface area contributed by atoms with Gasteiger partial charge in [-0.2, -0.15) is 0 Å². The summed E-state index contributed by atoms with van der Waals surface area (Å²) in [5, 5.41) is 0. The van der Waals surface area contributed by atoms with E-state index in [1.807, 2.05) is 0 Å². The second-order valence-electron chi connectivity index (χ2n) is 4.72. The van der Waals surface area contributed by atoms with Crippen molar-refractivity contribution < 1.29 is 9.53 Å². The Morgan fingerprint density at radius 1 is 1.43 bits per heavy atom. The number of Topliss-reactive ketones (excluding diaryl/α,β-unsaturated/α-hetero) is 1. The van der Waals surface area contributed by atoms with Gasteiger partial charge in [0.15, 0.2) is 0 Å². The molecule has 0 bridgehead atoms. The van der Waals surface area contributed by atoms with Crippen LogP contribution in [0.25, 0.3) is 0 Å². The molecule has 2 fully saturated rings. The summed E-state index contributed by atoms with van der Waals surface area (Å²) in [5.74, 6) is 0.416. The molecular formula is C11H19NO2. The number of ether oxygens (including phenoxy) is 1. The van der Waals surface area contributed by atoms with Crippen LogP contribution in [0.5, 0.6) is 0 Å². The maximum absolute atomic E-state index is 11.1. The van der Waals surface area contributed by atoms with Crippen LogP contribution in [0.2, 0.25) is 0 Å². The first-order chi connectivity index (χ1) is 6.68. The quantitative estimate of drug-likeness (QED) is 0.666. The highest BCUT2D eigenvalue weighted by atomic mass is 16.5. The van der Waals surface area contributed by atoms with Gasteiger partial charge in [0.25, 0.3) is 0 Å². The number of carbonyl (C=O) groups excluding carboxylic acids is 1. The molecule has 1 unspecified atom stereocenters. The van der Waals surface area contributed by atoms with Gasteiger partial charge in [-0.3, -0.25) is 9.69 Å². The summed E-state index contributed by atoms with van der Waals surface area (Å²) in [6.45, 7) is 5.95. The molecule has 0 aliphatic carbocycles. The average molecular weight is 197 g/mol. The number of rotatable bonds is 2. The van der Waals surface area contributed by atoms with Crippen molar-refractivity contribution >= 4 is 5.78 Å². The van der Waals surface area contributed by atoms with Gasteiger partial charge in [0, 0.05) is 39.1 Å². The molecular weight excluding hydrogens is 178 g/mol. The molecule has 2 saturated heterocycles. The molecule has 80 valence electrons. The lowest BCUT2D eigenvalue weighted by Gasteiger charge is -2.33. The minimum atomic E-state index is 0.0559. The number of hydrogen-bond donors (Lipinski definition) is 0. The Morgan fingerprint density at radius 2 is 2.14 bits per heavy atom. The van der Waals surface area contributed by atoms with E-state index in [1.165, 1.54) is 6.42 Å². The summed E-state index contributed by atoms with van der Waals surface area (Å²) in [6, 6.07) is 0. The van der Waals surface area contributed by atoms with E-state index in [0.29, 0.717) is 5.78 Å². The lowest BCUT2D eigenvalue weighted by atomic mass is 10.0. The molecule has 0 spiro atoms. The normalized spacial score (nSPS) is 35.1. The van der Waals surface area contributed by atoms with Crippen molar-refractivity contribution in [3.05, 3.63) is 0 Å². The summed E-state index contributed by atoms with van der Waals surface area (Å²) in [6.07, 6.45) is 3.81. The predicted molar refractivity (Wildman–Crippen MR) is 54.3 cm³/mol. The van der Waals surface area contributed by atoms with Crippen molar-refractivity contribution in [2.75, 3.05) is 26.2 Å². The third kappa shape index (κ3) is 2.34. The summed E-state index contributed by atoms with van der Waals surface area (Å²) >= 11 is 0. The van der Waals surface area contributed by atoms with Crippen molar-refractivity contribution in [1.29, 1.82) is 0 Å². The average Bonchev–Trinajstić information content (AvgIpc) is 2.57. The fourth-order valence-electron chi connectivity index (χ4n) is 2.40. The Hall–Kier alpha value is -0.410. The van der Waals surface area contributed by atoms with Gasteiger partial charge in [-0.25, -0.2) is 0 Å². The lowest BCUT2D eigenvalue weighted by molar-refractivity contribution is -0.122. The van der Waals surface area contributed by atoms with Gasteiger partial charge in [-0.1, -0.05) is 0 Å². The molecule has 1 atom stereocenters. The van der Waals surface area contributed by atoms with E-state index in [4.69, 9.17) is 4.74 Å². The maximum atomic E-state index is 11.1. The highest BCUT2D eigenvalue weighted by Crippen LogP contribution is 2.26. The van der Waals surface area contributed by atoms with E-state index in [2.05, 4.69) is 11.8 Å². The number of ketones is 1. The standard InChI is InChI=1S/C11H19NO2/c1-11(5-2-8-14-11)9-12-6-3-10(13)4-7-12/h2-9H2,1H3. The molecule has 0 aromatic rings. The lowest BCUT2D eigenvalue weighted by Crippen LogP contribution is -2.44. The number of likely N-dealkylation sites (tertiary alicyclic amines) is 1. The first-order valence-corrected chi connectivity index (χ1v) is 5.56. The molecule has 2 heterocycles. The fourth-order valence-corrected chi connectivity index (χ4v) is 2.40. The Morgan fingerprint density at radius 3 is 2.71 bits per heavy atom. The molecule has 3 nitrogen and oxygen atoms in total. The van der Waals surface area contributed by atoms with Gasteiger partial charge in [0.1, 0.15) is 5.78 Å². The second-order valence-corrected chi connectivity index (χ2v) is 4.72. The molecule has 0 radical (unpaired) electrons. The van der Waals surface area contributed by atoms with Crippen molar-refractivity contribution in [2.24, 2.45) is 0 Å². The van der Waals surface area contributed by atoms with E-state index < -0.39 is 0 Å². The third-order valence-corrected chi connectivity index (χ3v) is 3.27. The molecule has 3 heteroatoms. The topological polar surface area (TPSA) is 29.5 Å². The molecule has 0 aromatic carbocycles. The van der Waals surface area contributed by atoms with Crippen LogP contribution in [0, 0.1) is 0 Å². The Labute approximate surface area is 85.4 Å². The number of hydrogen-bond acceptors (Lipinski definition) is 3. The highest BCUT2D eigenvalue weighted by molar-refractivity contribution is 5.79. The Bertz CT molecular complexity index is 211. The van der Waals surface area contributed by atoms with E-state index in [0.717, 1.165) is 45.5 Å². The molecule has 0 saturated carbocycles. The van der Waals surface area contributed by atoms with Crippen LogP contribution in [-0.2, 0) is 9.53 Å². The monoisotopic (exact) mass is 197 g/mol. The zero-order valence-electron chi connectivity index (χ0n) is 8.92. The van der Waals surface area contributed by atoms with Crippen molar-refractivity contribution in [1.82, 2.24) is 4.90 Å². The van der Waals surface area contributed by atoms with Crippen LogP contribution in [0.1, 0.15) is 32.6 Å². The van der Waals surface area contributed by atoms with E-state index >= 15 is 0 Å². The zero-order chi connectivity index (χ0) is 10.0. The Balaban J connectivity index is 1.82. The molecule has 2 aliphatic heterocycles. The van der Waals surface area contributed by atoms with Gasteiger partial charge in [0.05, 0.1) is 5.60 Å². The highest BCUT2D eigenvalue weighted by Gasteiger charge is 2.32. The maximum Gasteiger partial charge on any atom is 0.135 e. The fraction of sp³-hybridized carbons (Fsp3) is 0.909. The first kappa shape index (κ1) is 10.1. The van der Waals surface area contributed by atoms with Crippen molar-refractivity contribution in [2.45, 2.75) is 38.2 Å². The SMILES string of the molecule is CC1(CN2CCC(=O)CC2)CCCO1. The summed E-state index contributed by atoms with van der Waals surface area (Å²) < 4.78 is 5.74. The van der Waals surface area contributed by atoms with Crippen LogP contribution in [0.4, 0.5) is 0 Å². The van der Waals surface area contributed by atoms with Gasteiger partial charge < -0.3 is 4.74 Å². The summed E-state index contributed by atoms with van der Waals surface area (Å²) in [5.41, 5.74) is 0.0559. The number of nitrogens with zero attached hydrogens (tertiary/aromatic N) is 1. The van der Waals surface area contributed by atoms with Crippen LogP contribution >= 0.6 is 0 Å². The first-order valence-electron chi connectivity index (χ1n) is 5.56. The van der Waals surface area contributed by atoms with Gasteiger partial charge in [0.2, 0.25) is 0 Å². The molecule has 0 aromatic heterocycles. The number of piperidine rings is 1. The zero-order valence-corrected chi connectivity index (χ0v) is 8.92. The molecule has 0 N–H and O–H groups in total. The van der Waals surface area contributed by atoms with E-state index in [9.17, 15) is 4.79 Å². The smallest absolute Gasteiger partial charge is 0.135 e. The van der Waals surface area contributed by atoms with Crippen LogP contribution in [0.3, 0.4) is 0 Å². The molecule has 14 heavy (non-hydrogen) atoms. The molecule has 2 aliphatic rings. The summed E-state index contributed by atoms with van der Waals surface area (Å²) in [7, 11) is 0. The minimum Gasteiger partial charge on any atom is -0.374 e. The van der Waals surface area contributed by atoms with Gasteiger partial charge >= 0.3 is 0 Å². The predicted octanol–water partition coefficient (Wildman–Crippen LogP) is 1.22. The second kappa shape index (κ2) is 3.99. The minimum absolute atomic E-state index is 0.0559. The van der Waals surface area contributed by atoms with E-state index in [-0.39, 0.29) is 5.60 Å². The van der Waals surface area contributed by atoms with E-state index in [1.54, 1.807) is 0 Å². The van der Waals surface area contributed by atoms with Gasteiger partial charge in [-0.05, 0) is 19.8 Å². The van der Waals surface area contributed by atoms with Crippen LogP contribution < -0.4 is 0 Å². The molecule has 0 amide bonds. The summed E-state index contributed by atoms with van der Waals surface area (Å²) in [4.78, 5) is 13.4. The van der Waals surface area contributed by atoms with Crippen molar-refractivity contribution in [3.8, 4) is 0 Å².